The van der Waals surface area contributed by atoms with E-state index in [0.29, 0.717) is 5.92 Å². The minimum atomic E-state index is 0.244. The summed E-state index contributed by atoms with van der Waals surface area (Å²) in [6.45, 7) is 3.28. The fourth-order valence-electron chi connectivity index (χ4n) is 3.51. The first kappa shape index (κ1) is 11.6. The van der Waals surface area contributed by atoms with Crippen LogP contribution in [0.15, 0.2) is 24.3 Å². The topological polar surface area (TPSA) is 12.5 Å². The summed E-state index contributed by atoms with van der Waals surface area (Å²) >= 11 is 5.92. The second-order valence-electron chi connectivity index (χ2n) is 5.45. The molecule has 1 saturated carbocycles. The van der Waals surface area contributed by atoms with Gasteiger partial charge in [-0.15, -0.1) is 0 Å². The normalized spacial score (nSPS) is 35.4. The molecule has 92 valence electrons. The van der Waals surface area contributed by atoms with Gasteiger partial charge in [0.05, 0.1) is 12.2 Å². The van der Waals surface area contributed by atoms with E-state index in [1.807, 2.05) is 12.1 Å². The first-order valence-corrected chi connectivity index (χ1v) is 7.01. The standard InChI is InChI=1S/C15H19ClO/c1-2-12-5-6-13(15(12)10-17-15)9-11-3-7-14(16)8-4-11/h3-4,7-8,12-13H,2,5-6,9-10H2,1H3/t12-,13-,15+/m0/s1. The number of hydrogen-bond donors (Lipinski definition) is 0. The van der Waals surface area contributed by atoms with Crippen LogP contribution in [0.25, 0.3) is 0 Å². The van der Waals surface area contributed by atoms with Gasteiger partial charge in [0.2, 0.25) is 0 Å². The molecule has 2 heteroatoms. The minimum Gasteiger partial charge on any atom is -0.369 e. The largest absolute Gasteiger partial charge is 0.369 e. The van der Waals surface area contributed by atoms with Gasteiger partial charge in [0, 0.05) is 5.02 Å². The first-order valence-electron chi connectivity index (χ1n) is 6.63. The monoisotopic (exact) mass is 250 g/mol. The highest BCUT2D eigenvalue weighted by Gasteiger charge is 2.59. The van der Waals surface area contributed by atoms with Crippen LogP contribution in [-0.2, 0) is 11.2 Å². The van der Waals surface area contributed by atoms with Crippen LogP contribution >= 0.6 is 11.6 Å². The summed E-state index contributed by atoms with van der Waals surface area (Å²) in [5.74, 6) is 1.51. The van der Waals surface area contributed by atoms with E-state index in [9.17, 15) is 0 Å². The molecule has 0 unspecified atom stereocenters. The van der Waals surface area contributed by atoms with E-state index in [2.05, 4.69) is 19.1 Å². The molecule has 1 aromatic carbocycles. The van der Waals surface area contributed by atoms with Gasteiger partial charge in [0.15, 0.2) is 0 Å². The third-order valence-electron chi connectivity index (χ3n) is 4.61. The van der Waals surface area contributed by atoms with Crippen LogP contribution in [0.1, 0.15) is 31.7 Å². The van der Waals surface area contributed by atoms with Crippen molar-refractivity contribution in [2.45, 2.75) is 38.2 Å². The van der Waals surface area contributed by atoms with Crippen LogP contribution in [0.4, 0.5) is 0 Å². The Morgan fingerprint density at radius 1 is 1.24 bits per heavy atom. The number of rotatable bonds is 3. The molecule has 1 saturated heterocycles. The molecule has 3 rings (SSSR count). The van der Waals surface area contributed by atoms with Crippen LogP contribution in [0.5, 0.6) is 0 Å². The molecule has 17 heavy (non-hydrogen) atoms. The van der Waals surface area contributed by atoms with Crippen LogP contribution in [0.2, 0.25) is 5.02 Å². The Balaban J connectivity index is 1.72. The minimum absolute atomic E-state index is 0.244. The molecule has 3 atom stereocenters. The van der Waals surface area contributed by atoms with E-state index >= 15 is 0 Å². The maximum absolute atomic E-state index is 5.92. The lowest BCUT2D eigenvalue weighted by molar-refractivity contribution is 0.192. The van der Waals surface area contributed by atoms with Crippen molar-refractivity contribution in [3.63, 3.8) is 0 Å². The van der Waals surface area contributed by atoms with Gasteiger partial charge in [0.25, 0.3) is 0 Å². The van der Waals surface area contributed by atoms with E-state index in [-0.39, 0.29) is 5.60 Å². The molecule has 0 aromatic heterocycles. The summed E-state index contributed by atoms with van der Waals surface area (Å²) < 4.78 is 5.84. The van der Waals surface area contributed by atoms with E-state index < -0.39 is 0 Å². The number of epoxide rings is 1. The summed E-state index contributed by atoms with van der Waals surface area (Å²) in [5.41, 5.74) is 1.64. The Hall–Kier alpha value is -0.530. The lowest BCUT2D eigenvalue weighted by Crippen LogP contribution is -2.26. The molecule has 0 N–H and O–H groups in total. The number of halogens is 1. The van der Waals surface area contributed by atoms with Gasteiger partial charge < -0.3 is 4.74 Å². The lowest BCUT2D eigenvalue weighted by atomic mass is 9.85. The van der Waals surface area contributed by atoms with E-state index in [4.69, 9.17) is 16.3 Å². The van der Waals surface area contributed by atoms with Crippen LogP contribution in [0.3, 0.4) is 0 Å². The molecule has 2 aliphatic rings. The average Bonchev–Trinajstić information content (AvgIpc) is 3.04. The summed E-state index contributed by atoms with van der Waals surface area (Å²) in [7, 11) is 0. The predicted octanol–water partition coefficient (Wildman–Crippen LogP) is 4.09. The van der Waals surface area contributed by atoms with E-state index in [0.717, 1.165) is 24.0 Å². The third kappa shape index (κ3) is 2.00. The SMILES string of the molecule is CC[C@H]1CC[C@@H](Cc2ccc(Cl)cc2)[C@@]12CO2. The van der Waals surface area contributed by atoms with Gasteiger partial charge in [-0.2, -0.15) is 0 Å². The molecule has 1 heterocycles. The van der Waals surface area contributed by atoms with Gasteiger partial charge >= 0.3 is 0 Å². The Bertz CT molecular complexity index is 394. The van der Waals surface area contributed by atoms with Crippen LogP contribution < -0.4 is 0 Å². The molecule has 1 aliphatic carbocycles. The van der Waals surface area contributed by atoms with Gasteiger partial charge in [-0.05, 0) is 48.8 Å². The van der Waals surface area contributed by atoms with Crippen molar-refractivity contribution in [2.75, 3.05) is 6.61 Å². The molecule has 0 bridgehead atoms. The maximum atomic E-state index is 5.92. The van der Waals surface area contributed by atoms with Gasteiger partial charge in [-0.3, -0.25) is 0 Å². The molecule has 1 aromatic rings. The number of ether oxygens (including phenoxy) is 1. The summed E-state index contributed by atoms with van der Waals surface area (Å²) in [5, 5.41) is 0.823. The van der Waals surface area contributed by atoms with Crippen molar-refractivity contribution in [3.05, 3.63) is 34.9 Å². The highest BCUT2D eigenvalue weighted by atomic mass is 35.5. The van der Waals surface area contributed by atoms with Gasteiger partial charge in [0.1, 0.15) is 0 Å². The zero-order valence-electron chi connectivity index (χ0n) is 10.3. The summed E-state index contributed by atoms with van der Waals surface area (Å²) in [6.07, 6.45) is 5.07. The lowest BCUT2D eigenvalue weighted by Gasteiger charge is -2.20. The fourth-order valence-corrected chi connectivity index (χ4v) is 3.63. The summed E-state index contributed by atoms with van der Waals surface area (Å²) in [6, 6.07) is 8.28. The van der Waals surface area contributed by atoms with E-state index in [1.165, 1.54) is 24.8 Å². The van der Waals surface area contributed by atoms with E-state index in [1.54, 1.807) is 0 Å². The van der Waals surface area contributed by atoms with Crippen molar-refractivity contribution in [3.8, 4) is 0 Å². The highest BCUT2D eigenvalue weighted by molar-refractivity contribution is 6.30. The number of benzene rings is 1. The highest BCUT2D eigenvalue weighted by Crippen LogP contribution is 2.54. The van der Waals surface area contributed by atoms with Crippen molar-refractivity contribution in [1.82, 2.24) is 0 Å². The average molecular weight is 251 g/mol. The van der Waals surface area contributed by atoms with Crippen molar-refractivity contribution >= 4 is 11.6 Å². The second kappa shape index (κ2) is 4.29. The number of hydrogen-bond acceptors (Lipinski definition) is 1. The first-order chi connectivity index (χ1) is 8.24. The Labute approximate surface area is 108 Å². The van der Waals surface area contributed by atoms with Crippen LogP contribution in [-0.4, -0.2) is 12.2 Å². The Morgan fingerprint density at radius 2 is 1.88 bits per heavy atom. The second-order valence-corrected chi connectivity index (χ2v) is 5.89. The molecule has 2 fully saturated rings. The molecule has 1 spiro atoms. The maximum Gasteiger partial charge on any atom is 0.0975 e. The van der Waals surface area contributed by atoms with Gasteiger partial charge in [-0.25, -0.2) is 0 Å². The molecule has 1 aliphatic heterocycles. The summed E-state index contributed by atoms with van der Waals surface area (Å²) in [4.78, 5) is 0. The van der Waals surface area contributed by atoms with Crippen molar-refractivity contribution < 1.29 is 4.74 Å². The van der Waals surface area contributed by atoms with Crippen molar-refractivity contribution in [1.29, 1.82) is 0 Å². The molecule has 1 nitrogen and oxygen atoms in total. The smallest absolute Gasteiger partial charge is 0.0975 e. The quantitative estimate of drug-likeness (QED) is 0.737. The Morgan fingerprint density at radius 3 is 2.47 bits per heavy atom. The molecular formula is C15H19ClO. The molecule has 0 radical (unpaired) electrons. The molecular weight excluding hydrogens is 232 g/mol. The predicted molar refractivity (Wildman–Crippen MR) is 70.3 cm³/mol. The molecule has 0 amide bonds. The third-order valence-corrected chi connectivity index (χ3v) is 4.86. The zero-order valence-corrected chi connectivity index (χ0v) is 11.0. The van der Waals surface area contributed by atoms with Crippen molar-refractivity contribution in [2.24, 2.45) is 11.8 Å². The fraction of sp³-hybridized carbons (Fsp3) is 0.600. The zero-order chi connectivity index (χ0) is 11.9. The Kier molecular flexibility index (Phi) is 2.92. The van der Waals surface area contributed by atoms with Crippen LogP contribution in [0, 0.1) is 11.8 Å². The van der Waals surface area contributed by atoms with Gasteiger partial charge in [-0.1, -0.05) is 37.1 Å².